The molecule has 1 aliphatic rings. The van der Waals surface area contributed by atoms with Gasteiger partial charge in [0.1, 0.15) is 0 Å². The third-order valence-electron chi connectivity index (χ3n) is 2.72. The van der Waals surface area contributed by atoms with E-state index in [-0.39, 0.29) is 0 Å². The summed E-state index contributed by atoms with van der Waals surface area (Å²) in [6.45, 7) is 2.63. The molecule has 15 heavy (non-hydrogen) atoms. The van der Waals surface area contributed by atoms with Gasteiger partial charge < -0.3 is 10.4 Å². The Labute approximate surface area is 88.3 Å². The van der Waals surface area contributed by atoms with Crippen LogP contribution in [0.25, 0.3) is 0 Å². The van der Waals surface area contributed by atoms with E-state index in [0.717, 1.165) is 30.8 Å². The molecule has 4 heteroatoms. The van der Waals surface area contributed by atoms with Crippen LogP contribution in [0.2, 0.25) is 0 Å². The number of carboxylic acids is 1. The first-order valence-electron chi connectivity index (χ1n) is 5.15. The summed E-state index contributed by atoms with van der Waals surface area (Å²) in [4.78, 5) is 15.2. The molecule has 1 aliphatic heterocycles. The molecular weight excluding hydrogens is 192 g/mol. The SMILES string of the molecule is CC(C(=O)O)c1ccc2c(n1)CCCN2. The van der Waals surface area contributed by atoms with Gasteiger partial charge in [0.05, 0.1) is 23.0 Å². The molecule has 0 saturated heterocycles. The molecule has 0 spiro atoms. The van der Waals surface area contributed by atoms with E-state index in [1.165, 1.54) is 0 Å². The molecule has 1 aromatic heterocycles. The number of hydrogen-bond acceptors (Lipinski definition) is 3. The molecule has 0 radical (unpaired) electrons. The number of aryl methyl sites for hydroxylation is 1. The van der Waals surface area contributed by atoms with E-state index >= 15 is 0 Å². The third kappa shape index (κ3) is 1.93. The molecule has 0 fully saturated rings. The minimum Gasteiger partial charge on any atom is -0.481 e. The van der Waals surface area contributed by atoms with Gasteiger partial charge in [-0.3, -0.25) is 9.78 Å². The van der Waals surface area contributed by atoms with Crippen molar-refractivity contribution in [1.29, 1.82) is 0 Å². The van der Waals surface area contributed by atoms with Gasteiger partial charge in [0.2, 0.25) is 0 Å². The highest BCUT2D eigenvalue weighted by Gasteiger charge is 2.17. The summed E-state index contributed by atoms with van der Waals surface area (Å²) in [6, 6.07) is 3.71. The lowest BCUT2D eigenvalue weighted by atomic mass is 10.0. The number of aliphatic carboxylic acids is 1. The van der Waals surface area contributed by atoms with Crippen molar-refractivity contribution in [3.63, 3.8) is 0 Å². The van der Waals surface area contributed by atoms with Crippen LogP contribution >= 0.6 is 0 Å². The lowest BCUT2D eigenvalue weighted by Crippen LogP contribution is -2.16. The number of carbonyl (C=O) groups is 1. The standard InChI is InChI=1S/C11H14N2O2/c1-7(11(14)15)8-4-5-9-10(13-8)3-2-6-12-9/h4-5,7,12H,2-3,6H2,1H3,(H,14,15). The van der Waals surface area contributed by atoms with Crippen LogP contribution in [-0.4, -0.2) is 22.6 Å². The lowest BCUT2D eigenvalue weighted by Gasteiger charge is -2.18. The summed E-state index contributed by atoms with van der Waals surface area (Å²) < 4.78 is 0. The van der Waals surface area contributed by atoms with Gasteiger partial charge in [-0.25, -0.2) is 0 Å². The van der Waals surface area contributed by atoms with Crippen LogP contribution in [-0.2, 0) is 11.2 Å². The second-order valence-electron chi connectivity index (χ2n) is 3.82. The van der Waals surface area contributed by atoms with E-state index < -0.39 is 11.9 Å². The molecule has 1 unspecified atom stereocenters. The van der Waals surface area contributed by atoms with E-state index in [2.05, 4.69) is 10.3 Å². The zero-order valence-electron chi connectivity index (χ0n) is 8.66. The summed E-state index contributed by atoms with van der Waals surface area (Å²) in [5, 5.41) is 12.1. The summed E-state index contributed by atoms with van der Waals surface area (Å²) in [6.07, 6.45) is 1.99. The van der Waals surface area contributed by atoms with Crippen molar-refractivity contribution in [2.24, 2.45) is 0 Å². The van der Waals surface area contributed by atoms with Gasteiger partial charge in [-0.2, -0.15) is 0 Å². The highest BCUT2D eigenvalue weighted by atomic mass is 16.4. The van der Waals surface area contributed by atoms with E-state index in [9.17, 15) is 4.79 Å². The Morgan fingerprint density at radius 2 is 2.40 bits per heavy atom. The molecular formula is C11H14N2O2. The van der Waals surface area contributed by atoms with Crippen LogP contribution < -0.4 is 5.32 Å². The third-order valence-corrected chi connectivity index (χ3v) is 2.72. The fourth-order valence-electron chi connectivity index (χ4n) is 1.72. The first-order chi connectivity index (χ1) is 7.18. The number of hydrogen-bond donors (Lipinski definition) is 2. The van der Waals surface area contributed by atoms with Crippen molar-refractivity contribution in [2.45, 2.75) is 25.7 Å². The molecule has 1 aromatic rings. The fraction of sp³-hybridized carbons (Fsp3) is 0.455. The summed E-state index contributed by atoms with van der Waals surface area (Å²) in [5.41, 5.74) is 2.68. The predicted octanol–water partition coefficient (Wildman–Crippen LogP) is 1.63. The fourth-order valence-corrected chi connectivity index (χ4v) is 1.72. The van der Waals surface area contributed by atoms with Gasteiger partial charge >= 0.3 is 5.97 Å². The maximum atomic E-state index is 10.8. The number of pyridine rings is 1. The minimum absolute atomic E-state index is 0.530. The van der Waals surface area contributed by atoms with E-state index in [1.807, 2.05) is 6.07 Å². The molecule has 0 bridgehead atoms. The van der Waals surface area contributed by atoms with E-state index in [4.69, 9.17) is 5.11 Å². The highest BCUT2D eigenvalue weighted by Crippen LogP contribution is 2.23. The second kappa shape index (κ2) is 3.88. The largest absolute Gasteiger partial charge is 0.481 e. The van der Waals surface area contributed by atoms with Gasteiger partial charge in [0.25, 0.3) is 0 Å². The minimum atomic E-state index is -0.828. The van der Waals surface area contributed by atoms with E-state index in [0.29, 0.717) is 5.69 Å². The van der Waals surface area contributed by atoms with Gasteiger partial charge in [-0.05, 0) is 31.9 Å². The summed E-state index contributed by atoms with van der Waals surface area (Å²) >= 11 is 0. The Morgan fingerprint density at radius 1 is 1.60 bits per heavy atom. The molecule has 2 heterocycles. The van der Waals surface area contributed by atoms with Crippen LogP contribution in [0, 0.1) is 0 Å². The van der Waals surface area contributed by atoms with Gasteiger partial charge in [-0.1, -0.05) is 0 Å². The topological polar surface area (TPSA) is 62.2 Å². The maximum Gasteiger partial charge on any atom is 0.312 e. The zero-order valence-corrected chi connectivity index (χ0v) is 8.66. The first kappa shape index (κ1) is 9.96. The van der Waals surface area contributed by atoms with Crippen LogP contribution in [0.5, 0.6) is 0 Å². The Bertz CT molecular complexity index is 390. The normalized spacial score (nSPS) is 16.3. The monoisotopic (exact) mass is 206 g/mol. The van der Waals surface area contributed by atoms with Crippen LogP contribution in [0.15, 0.2) is 12.1 Å². The Balaban J connectivity index is 2.31. The molecule has 0 aromatic carbocycles. The molecule has 0 amide bonds. The predicted molar refractivity (Wildman–Crippen MR) is 57.1 cm³/mol. The number of aromatic nitrogens is 1. The average molecular weight is 206 g/mol. The number of rotatable bonds is 2. The van der Waals surface area contributed by atoms with Crippen molar-refractivity contribution < 1.29 is 9.90 Å². The smallest absolute Gasteiger partial charge is 0.312 e. The van der Waals surface area contributed by atoms with Crippen molar-refractivity contribution in [3.8, 4) is 0 Å². The average Bonchev–Trinajstić information content (AvgIpc) is 2.27. The molecule has 1 atom stereocenters. The van der Waals surface area contributed by atoms with Crippen molar-refractivity contribution in [1.82, 2.24) is 4.98 Å². The molecule has 2 N–H and O–H groups in total. The first-order valence-corrected chi connectivity index (χ1v) is 5.15. The summed E-state index contributed by atoms with van der Waals surface area (Å²) in [7, 11) is 0. The van der Waals surface area contributed by atoms with Gasteiger partial charge in [0, 0.05) is 6.54 Å². The van der Waals surface area contributed by atoms with Crippen molar-refractivity contribution >= 4 is 11.7 Å². The number of fused-ring (bicyclic) bond motifs is 1. The second-order valence-corrected chi connectivity index (χ2v) is 3.82. The van der Waals surface area contributed by atoms with Crippen molar-refractivity contribution in [3.05, 3.63) is 23.5 Å². The molecule has 0 saturated carbocycles. The number of nitrogens with one attached hydrogen (secondary N) is 1. The zero-order chi connectivity index (χ0) is 10.8. The lowest BCUT2D eigenvalue weighted by molar-refractivity contribution is -0.138. The quantitative estimate of drug-likeness (QED) is 0.772. The Hall–Kier alpha value is -1.58. The van der Waals surface area contributed by atoms with Crippen molar-refractivity contribution in [2.75, 3.05) is 11.9 Å². The molecule has 0 aliphatic carbocycles. The Kier molecular flexibility index (Phi) is 2.58. The van der Waals surface area contributed by atoms with Gasteiger partial charge in [0.15, 0.2) is 0 Å². The van der Waals surface area contributed by atoms with E-state index in [1.54, 1.807) is 13.0 Å². The summed E-state index contributed by atoms with van der Waals surface area (Å²) in [5.74, 6) is -1.36. The molecule has 80 valence electrons. The molecule has 4 nitrogen and oxygen atoms in total. The number of carboxylic acid groups (broad SMARTS) is 1. The Morgan fingerprint density at radius 3 is 3.13 bits per heavy atom. The maximum absolute atomic E-state index is 10.8. The van der Waals surface area contributed by atoms with Gasteiger partial charge in [-0.15, -0.1) is 0 Å². The number of anilines is 1. The highest BCUT2D eigenvalue weighted by molar-refractivity contribution is 5.75. The number of nitrogens with zero attached hydrogens (tertiary/aromatic N) is 1. The van der Waals surface area contributed by atoms with Crippen LogP contribution in [0.4, 0.5) is 5.69 Å². The molecule has 2 rings (SSSR count). The van der Waals surface area contributed by atoms with Crippen LogP contribution in [0.3, 0.4) is 0 Å². The van der Waals surface area contributed by atoms with Crippen LogP contribution in [0.1, 0.15) is 30.7 Å².